The van der Waals surface area contributed by atoms with E-state index in [1.165, 1.54) is 13.1 Å². The maximum atomic E-state index is 11.5. The number of likely N-dealkylation sites (N-methyl/N-ethyl adjacent to an activating group) is 1. The van der Waals surface area contributed by atoms with E-state index in [0.29, 0.717) is 5.56 Å². The van der Waals surface area contributed by atoms with E-state index in [2.05, 4.69) is 16.0 Å². The fraction of sp³-hybridized carbons (Fsp3) is 0.250. The van der Waals surface area contributed by atoms with E-state index in [4.69, 9.17) is 5.11 Å². The molecule has 0 unspecified atom stereocenters. The average molecular weight is 265 g/mol. The molecule has 0 fully saturated rings. The predicted octanol–water partition coefficient (Wildman–Crippen LogP) is 0.561. The van der Waals surface area contributed by atoms with Gasteiger partial charge in [0.25, 0.3) is 0 Å². The number of carboxylic acids is 1. The second kappa shape index (κ2) is 6.39. The summed E-state index contributed by atoms with van der Waals surface area (Å²) in [6.07, 6.45) is 0. The van der Waals surface area contributed by atoms with E-state index >= 15 is 0 Å². The number of aromatic carboxylic acids is 1. The third-order valence-corrected chi connectivity index (χ3v) is 2.42. The minimum absolute atomic E-state index is 0.0255. The highest BCUT2D eigenvalue weighted by molar-refractivity contribution is 6.01. The third kappa shape index (κ3) is 3.98. The molecule has 1 aromatic carbocycles. The summed E-state index contributed by atoms with van der Waals surface area (Å²) >= 11 is 0. The lowest BCUT2D eigenvalue weighted by molar-refractivity contribution is -0.119. The molecule has 3 amide bonds. The second-order valence-electron chi connectivity index (χ2n) is 3.78. The molecule has 0 saturated carbocycles. The molecular weight excluding hydrogens is 250 g/mol. The Labute approximate surface area is 110 Å². The van der Waals surface area contributed by atoms with Gasteiger partial charge in [0.1, 0.15) is 0 Å². The summed E-state index contributed by atoms with van der Waals surface area (Å²) in [7, 11) is 1.45. The van der Waals surface area contributed by atoms with Crippen molar-refractivity contribution in [2.24, 2.45) is 0 Å². The molecule has 1 aromatic rings. The van der Waals surface area contributed by atoms with Crippen LogP contribution in [0, 0.1) is 6.92 Å². The number of aryl methyl sites for hydroxylation is 1. The van der Waals surface area contributed by atoms with Gasteiger partial charge in [-0.15, -0.1) is 0 Å². The van der Waals surface area contributed by atoms with Crippen LogP contribution < -0.4 is 16.0 Å². The second-order valence-corrected chi connectivity index (χ2v) is 3.78. The van der Waals surface area contributed by atoms with Crippen molar-refractivity contribution >= 4 is 23.6 Å². The molecule has 7 nitrogen and oxygen atoms in total. The monoisotopic (exact) mass is 265 g/mol. The Morgan fingerprint density at radius 3 is 2.53 bits per heavy atom. The van der Waals surface area contributed by atoms with Crippen LogP contribution >= 0.6 is 0 Å². The number of amides is 3. The molecule has 0 bridgehead atoms. The molecule has 0 heterocycles. The number of anilines is 1. The van der Waals surface area contributed by atoms with Crippen molar-refractivity contribution in [2.45, 2.75) is 6.92 Å². The van der Waals surface area contributed by atoms with Gasteiger partial charge in [0.05, 0.1) is 17.8 Å². The van der Waals surface area contributed by atoms with Gasteiger partial charge in [0, 0.05) is 7.05 Å². The predicted molar refractivity (Wildman–Crippen MR) is 69.2 cm³/mol. The molecule has 19 heavy (non-hydrogen) atoms. The topological polar surface area (TPSA) is 108 Å². The minimum atomic E-state index is -1.13. The summed E-state index contributed by atoms with van der Waals surface area (Å²) in [5, 5.41) is 16.1. The Morgan fingerprint density at radius 2 is 1.95 bits per heavy atom. The van der Waals surface area contributed by atoms with E-state index in [0.717, 1.165) is 0 Å². The van der Waals surface area contributed by atoms with Gasteiger partial charge in [-0.05, 0) is 18.6 Å². The normalized spacial score (nSPS) is 9.58. The summed E-state index contributed by atoms with van der Waals surface area (Å²) < 4.78 is 0. The lowest BCUT2D eigenvalue weighted by atomic mass is 10.1. The van der Waals surface area contributed by atoms with E-state index in [1.54, 1.807) is 19.1 Å². The van der Waals surface area contributed by atoms with Gasteiger partial charge in [-0.3, -0.25) is 4.79 Å². The quantitative estimate of drug-likeness (QED) is 0.638. The van der Waals surface area contributed by atoms with Crippen molar-refractivity contribution in [3.63, 3.8) is 0 Å². The zero-order valence-electron chi connectivity index (χ0n) is 10.6. The Kier molecular flexibility index (Phi) is 4.87. The fourth-order valence-corrected chi connectivity index (χ4v) is 1.47. The molecule has 0 spiro atoms. The summed E-state index contributed by atoms with van der Waals surface area (Å²) in [4.78, 5) is 33.6. The smallest absolute Gasteiger partial charge is 0.338 e. The van der Waals surface area contributed by atoms with Crippen molar-refractivity contribution < 1.29 is 19.5 Å². The van der Waals surface area contributed by atoms with Crippen LogP contribution in [0.1, 0.15) is 15.9 Å². The standard InChI is InChI=1S/C12H15N3O4/c1-7-4-3-5-8(10(7)11(17)18)15-12(19)14-6-9(16)13-2/h3-5H,6H2,1-2H3,(H,13,16)(H,17,18)(H2,14,15,19). The highest BCUT2D eigenvalue weighted by Crippen LogP contribution is 2.19. The van der Waals surface area contributed by atoms with Crippen LogP contribution in [0.5, 0.6) is 0 Å². The van der Waals surface area contributed by atoms with Crippen LogP contribution in [-0.4, -0.2) is 36.6 Å². The molecule has 1 rings (SSSR count). The van der Waals surface area contributed by atoms with E-state index in [1.807, 2.05) is 0 Å². The van der Waals surface area contributed by atoms with Crippen molar-refractivity contribution in [1.82, 2.24) is 10.6 Å². The van der Waals surface area contributed by atoms with Crippen LogP contribution in [-0.2, 0) is 4.79 Å². The molecular formula is C12H15N3O4. The maximum Gasteiger partial charge on any atom is 0.338 e. The number of rotatable bonds is 4. The van der Waals surface area contributed by atoms with Crippen LogP contribution in [0.4, 0.5) is 10.5 Å². The number of hydrogen-bond acceptors (Lipinski definition) is 3. The third-order valence-electron chi connectivity index (χ3n) is 2.42. The molecule has 0 aromatic heterocycles. The van der Waals surface area contributed by atoms with Crippen LogP contribution in [0.3, 0.4) is 0 Å². The molecule has 0 atom stereocenters. The lowest BCUT2D eigenvalue weighted by Gasteiger charge is -2.11. The highest BCUT2D eigenvalue weighted by Gasteiger charge is 2.14. The van der Waals surface area contributed by atoms with Gasteiger partial charge >= 0.3 is 12.0 Å². The number of benzene rings is 1. The largest absolute Gasteiger partial charge is 0.478 e. The molecule has 0 aliphatic carbocycles. The van der Waals surface area contributed by atoms with E-state index in [9.17, 15) is 14.4 Å². The summed E-state index contributed by atoms with van der Waals surface area (Å²) in [6.45, 7) is 1.45. The lowest BCUT2D eigenvalue weighted by Crippen LogP contribution is -2.37. The van der Waals surface area contributed by atoms with Crippen LogP contribution in [0.2, 0.25) is 0 Å². The highest BCUT2D eigenvalue weighted by atomic mass is 16.4. The summed E-state index contributed by atoms with van der Waals surface area (Å²) in [5.41, 5.74) is 0.746. The average Bonchev–Trinajstić information content (AvgIpc) is 2.35. The van der Waals surface area contributed by atoms with Gasteiger partial charge in [0.15, 0.2) is 0 Å². The zero-order valence-corrected chi connectivity index (χ0v) is 10.6. The summed E-state index contributed by atoms with van der Waals surface area (Å²) in [5.74, 6) is -1.47. The van der Waals surface area contributed by atoms with Crippen molar-refractivity contribution in [3.05, 3.63) is 29.3 Å². The van der Waals surface area contributed by atoms with Gasteiger partial charge < -0.3 is 21.1 Å². The molecule has 0 radical (unpaired) electrons. The van der Waals surface area contributed by atoms with Gasteiger partial charge in [-0.1, -0.05) is 12.1 Å². The van der Waals surface area contributed by atoms with E-state index < -0.39 is 12.0 Å². The molecule has 0 aliphatic rings. The maximum absolute atomic E-state index is 11.5. The SMILES string of the molecule is CNC(=O)CNC(=O)Nc1cccc(C)c1C(=O)O. The number of urea groups is 1. The molecule has 0 aliphatic heterocycles. The van der Waals surface area contributed by atoms with Crippen LogP contribution in [0.15, 0.2) is 18.2 Å². The zero-order chi connectivity index (χ0) is 14.4. The Balaban J connectivity index is 2.77. The number of carbonyl (C=O) groups excluding carboxylic acids is 2. The molecule has 0 saturated heterocycles. The van der Waals surface area contributed by atoms with Crippen molar-refractivity contribution in [1.29, 1.82) is 0 Å². The Hall–Kier alpha value is -2.57. The fourth-order valence-electron chi connectivity index (χ4n) is 1.47. The number of carbonyl (C=O) groups is 3. The molecule has 7 heteroatoms. The van der Waals surface area contributed by atoms with Crippen LogP contribution in [0.25, 0.3) is 0 Å². The first-order valence-corrected chi connectivity index (χ1v) is 5.54. The van der Waals surface area contributed by atoms with E-state index in [-0.39, 0.29) is 23.7 Å². The first-order valence-electron chi connectivity index (χ1n) is 5.54. The Morgan fingerprint density at radius 1 is 1.26 bits per heavy atom. The van der Waals surface area contributed by atoms with Gasteiger partial charge in [-0.25, -0.2) is 9.59 Å². The van der Waals surface area contributed by atoms with Crippen molar-refractivity contribution in [3.8, 4) is 0 Å². The Bertz CT molecular complexity index is 514. The number of carboxylic acid groups (broad SMARTS) is 1. The number of nitrogens with one attached hydrogen (secondary N) is 3. The van der Waals surface area contributed by atoms with Crippen molar-refractivity contribution in [2.75, 3.05) is 18.9 Å². The van der Waals surface area contributed by atoms with Gasteiger partial charge in [-0.2, -0.15) is 0 Å². The first kappa shape index (κ1) is 14.5. The van der Waals surface area contributed by atoms with Gasteiger partial charge in [0.2, 0.25) is 5.91 Å². The first-order chi connectivity index (χ1) is 8.95. The minimum Gasteiger partial charge on any atom is -0.478 e. The summed E-state index contributed by atoms with van der Waals surface area (Å²) in [6, 6.07) is 4.11. The molecule has 4 N–H and O–H groups in total. The number of hydrogen-bond donors (Lipinski definition) is 4. The molecule has 102 valence electrons.